The first-order valence-corrected chi connectivity index (χ1v) is 8.09. The summed E-state index contributed by atoms with van der Waals surface area (Å²) in [6.07, 6.45) is 2.49. The summed E-state index contributed by atoms with van der Waals surface area (Å²) in [6, 6.07) is 7.84. The second-order valence-corrected chi connectivity index (χ2v) is 7.22. The number of likely N-dealkylation sites (tertiary alicyclic amines) is 1. The summed E-state index contributed by atoms with van der Waals surface area (Å²) in [5, 5.41) is 20.7. The third-order valence-electron chi connectivity index (χ3n) is 4.79. The number of benzene rings is 1. The highest BCUT2D eigenvalue weighted by Crippen LogP contribution is 2.25. The van der Waals surface area contributed by atoms with Gasteiger partial charge in [0.1, 0.15) is 0 Å². The summed E-state index contributed by atoms with van der Waals surface area (Å²) in [6.45, 7) is 10.0. The summed E-state index contributed by atoms with van der Waals surface area (Å²) >= 11 is 0. The molecule has 0 atom stereocenters. The Morgan fingerprint density at radius 2 is 1.73 bits per heavy atom. The molecule has 1 aromatic rings. The van der Waals surface area contributed by atoms with Crippen molar-refractivity contribution in [3.05, 3.63) is 29.8 Å². The first kappa shape index (κ1) is 17.5. The molecule has 0 bridgehead atoms. The molecule has 1 heterocycles. The van der Waals surface area contributed by atoms with Gasteiger partial charge in [0.15, 0.2) is 0 Å². The van der Waals surface area contributed by atoms with Gasteiger partial charge in [0.2, 0.25) is 0 Å². The second-order valence-electron chi connectivity index (χ2n) is 7.22. The Labute approximate surface area is 134 Å². The molecule has 1 saturated heterocycles. The van der Waals surface area contributed by atoms with E-state index in [-0.39, 0.29) is 0 Å². The molecule has 0 aliphatic carbocycles. The first-order valence-electron chi connectivity index (χ1n) is 8.09. The van der Waals surface area contributed by atoms with Crippen LogP contribution in [0.5, 0.6) is 0 Å². The highest BCUT2D eigenvalue weighted by atomic mass is 16.5. The number of hydrogen-bond donors (Lipinski definition) is 2. The summed E-state index contributed by atoms with van der Waals surface area (Å²) in [5.41, 5.74) is -0.0272. The van der Waals surface area contributed by atoms with Crippen LogP contribution in [-0.2, 0) is 11.2 Å². The van der Waals surface area contributed by atoms with E-state index in [1.54, 1.807) is 27.7 Å². The van der Waals surface area contributed by atoms with Crippen molar-refractivity contribution in [2.24, 2.45) is 0 Å². The van der Waals surface area contributed by atoms with Gasteiger partial charge in [-0.05, 0) is 64.7 Å². The first-order chi connectivity index (χ1) is 10.2. The van der Waals surface area contributed by atoms with E-state index in [1.807, 2.05) is 24.3 Å². The zero-order valence-electron chi connectivity index (χ0n) is 14.2. The fraction of sp³-hybridized carbons (Fsp3) is 0.647. The number of aliphatic hydroxyl groups is 1. The Balaban J connectivity index is 2.13. The lowest BCUT2D eigenvalue weighted by atomic mass is 9.74. The van der Waals surface area contributed by atoms with E-state index < -0.39 is 18.3 Å². The van der Waals surface area contributed by atoms with Crippen molar-refractivity contribution in [1.82, 2.24) is 4.90 Å². The molecule has 4 nitrogen and oxygen atoms in total. The highest BCUT2D eigenvalue weighted by Gasteiger charge is 2.40. The van der Waals surface area contributed by atoms with Crippen molar-refractivity contribution in [3.8, 4) is 0 Å². The van der Waals surface area contributed by atoms with Crippen LogP contribution in [0.1, 0.15) is 46.1 Å². The molecule has 0 spiro atoms. The van der Waals surface area contributed by atoms with Gasteiger partial charge in [0.05, 0.1) is 11.2 Å². The Morgan fingerprint density at radius 1 is 1.14 bits per heavy atom. The molecule has 1 fully saturated rings. The van der Waals surface area contributed by atoms with Gasteiger partial charge >= 0.3 is 7.12 Å². The van der Waals surface area contributed by atoms with Gasteiger partial charge in [-0.15, -0.1) is 0 Å². The largest absolute Gasteiger partial charge is 0.491 e. The molecule has 2 rings (SSSR count). The highest BCUT2D eigenvalue weighted by molar-refractivity contribution is 6.60. The average molecular weight is 305 g/mol. The van der Waals surface area contributed by atoms with Crippen LogP contribution in [0.15, 0.2) is 24.3 Å². The van der Waals surface area contributed by atoms with Gasteiger partial charge in [0.25, 0.3) is 0 Å². The summed E-state index contributed by atoms with van der Waals surface area (Å²) in [4.78, 5) is 2.40. The van der Waals surface area contributed by atoms with E-state index in [2.05, 4.69) is 4.90 Å². The van der Waals surface area contributed by atoms with Crippen LogP contribution in [0.25, 0.3) is 0 Å². The van der Waals surface area contributed by atoms with Crippen molar-refractivity contribution < 1.29 is 14.8 Å². The van der Waals surface area contributed by atoms with Gasteiger partial charge in [-0.25, -0.2) is 0 Å². The third kappa shape index (κ3) is 4.10. The lowest BCUT2D eigenvalue weighted by Gasteiger charge is -2.38. The minimum Gasteiger partial charge on any atom is -0.423 e. The lowest BCUT2D eigenvalue weighted by Crippen LogP contribution is -2.53. The van der Waals surface area contributed by atoms with Gasteiger partial charge < -0.3 is 14.8 Å². The molecular formula is C17H28BNO3. The predicted octanol–water partition coefficient (Wildman–Crippen LogP) is 1.54. The Kier molecular flexibility index (Phi) is 5.33. The maximum Gasteiger partial charge on any atom is 0.491 e. The van der Waals surface area contributed by atoms with Crippen LogP contribution < -0.4 is 5.46 Å². The van der Waals surface area contributed by atoms with E-state index in [4.69, 9.17) is 4.65 Å². The fourth-order valence-corrected chi connectivity index (χ4v) is 2.59. The van der Waals surface area contributed by atoms with E-state index in [0.29, 0.717) is 0 Å². The molecule has 5 heteroatoms. The summed E-state index contributed by atoms with van der Waals surface area (Å²) in [5.74, 6) is 0. The van der Waals surface area contributed by atoms with Gasteiger partial charge in [-0.3, -0.25) is 4.90 Å². The molecular weight excluding hydrogens is 277 g/mol. The van der Waals surface area contributed by atoms with Crippen molar-refractivity contribution in [3.63, 3.8) is 0 Å². The molecule has 0 saturated carbocycles. The maximum atomic E-state index is 10.5. The topological polar surface area (TPSA) is 52.9 Å². The molecule has 0 amide bonds. The molecule has 2 N–H and O–H groups in total. The van der Waals surface area contributed by atoms with Crippen LogP contribution in [0.2, 0.25) is 0 Å². The van der Waals surface area contributed by atoms with Crippen LogP contribution >= 0.6 is 0 Å². The van der Waals surface area contributed by atoms with Crippen molar-refractivity contribution in [1.29, 1.82) is 0 Å². The van der Waals surface area contributed by atoms with Crippen LogP contribution in [0, 0.1) is 0 Å². The minimum absolute atomic E-state index is 0.784. The normalized spacial score (nSPS) is 17.0. The van der Waals surface area contributed by atoms with E-state index in [1.165, 1.54) is 12.8 Å². The number of hydrogen-bond acceptors (Lipinski definition) is 4. The van der Waals surface area contributed by atoms with Crippen LogP contribution in [0.3, 0.4) is 0 Å². The van der Waals surface area contributed by atoms with Crippen molar-refractivity contribution in [2.45, 2.75) is 58.3 Å². The van der Waals surface area contributed by atoms with E-state index in [9.17, 15) is 10.1 Å². The molecule has 0 unspecified atom stereocenters. The zero-order valence-corrected chi connectivity index (χ0v) is 14.2. The van der Waals surface area contributed by atoms with Gasteiger partial charge in [-0.1, -0.05) is 24.3 Å². The van der Waals surface area contributed by atoms with E-state index in [0.717, 1.165) is 30.7 Å². The molecule has 1 aromatic carbocycles. The lowest BCUT2D eigenvalue weighted by molar-refractivity contribution is -0.0982. The maximum absolute atomic E-state index is 10.5. The standard InChI is InChI=1S/C17H28BNO3/c1-16(2,20)17(3,4)22-18(21)15-10-6-5-9-14(15)13-19-11-7-8-12-19/h5-6,9-10,20-21H,7-8,11-13H2,1-4H3. The fourth-order valence-electron chi connectivity index (χ4n) is 2.59. The summed E-state index contributed by atoms with van der Waals surface area (Å²) < 4.78 is 5.78. The smallest absolute Gasteiger partial charge is 0.423 e. The Morgan fingerprint density at radius 3 is 2.32 bits per heavy atom. The van der Waals surface area contributed by atoms with Crippen molar-refractivity contribution in [2.75, 3.05) is 13.1 Å². The molecule has 1 aliphatic heterocycles. The molecule has 0 aromatic heterocycles. The Bertz CT molecular complexity index is 493. The van der Waals surface area contributed by atoms with Crippen molar-refractivity contribution >= 4 is 12.6 Å². The Hall–Kier alpha value is -0.875. The van der Waals surface area contributed by atoms with Gasteiger partial charge in [0, 0.05) is 6.54 Å². The van der Waals surface area contributed by atoms with Crippen LogP contribution in [0.4, 0.5) is 0 Å². The quantitative estimate of drug-likeness (QED) is 0.783. The second kappa shape index (κ2) is 6.71. The minimum atomic E-state index is -1.04. The van der Waals surface area contributed by atoms with E-state index >= 15 is 0 Å². The predicted molar refractivity (Wildman–Crippen MR) is 90.0 cm³/mol. The SMILES string of the molecule is CC(C)(O)C(C)(C)OB(O)c1ccccc1CN1CCCC1. The molecule has 122 valence electrons. The monoisotopic (exact) mass is 305 g/mol. The number of rotatable bonds is 6. The number of nitrogens with zero attached hydrogens (tertiary/aromatic N) is 1. The summed E-state index contributed by atoms with van der Waals surface area (Å²) in [7, 11) is -1.04. The molecule has 0 radical (unpaired) electrons. The third-order valence-corrected chi connectivity index (χ3v) is 4.79. The van der Waals surface area contributed by atoms with Gasteiger partial charge in [-0.2, -0.15) is 0 Å². The van der Waals surface area contributed by atoms with Crippen LogP contribution in [-0.4, -0.2) is 46.4 Å². The average Bonchev–Trinajstić information content (AvgIpc) is 2.90. The zero-order chi connectivity index (χ0) is 16.4. The molecule has 1 aliphatic rings. The molecule has 22 heavy (non-hydrogen) atoms.